The maximum absolute atomic E-state index is 9.29. The fourth-order valence-corrected chi connectivity index (χ4v) is 1.80. The molecule has 2 heterocycles. The minimum absolute atomic E-state index is 0.396. The second-order valence-corrected chi connectivity index (χ2v) is 4.78. The molecule has 0 amide bonds. The molecule has 1 saturated carbocycles. The lowest BCUT2D eigenvalue weighted by molar-refractivity contribution is 0.208. The van der Waals surface area contributed by atoms with E-state index >= 15 is 0 Å². The summed E-state index contributed by atoms with van der Waals surface area (Å²) in [4.78, 5) is 4.43. The highest BCUT2D eigenvalue weighted by atomic mass is 16.3. The van der Waals surface area contributed by atoms with Crippen molar-refractivity contribution in [1.29, 1.82) is 0 Å². The molecular formula is C12H17N5O. The lowest BCUT2D eigenvalue weighted by Crippen LogP contribution is -2.17. The molecule has 18 heavy (non-hydrogen) atoms. The molecule has 0 aromatic carbocycles. The lowest BCUT2D eigenvalue weighted by Gasteiger charge is -2.11. The first-order valence-corrected chi connectivity index (χ1v) is 6.25. The predicted octanol–water partition coefficient (Wildman–Crippen LogP) is 1.10. The van der Waals surface area contributed by atoms with Crippen molar-refractivity contribution >= 4 is 17.3 Å². The summed E-state index contributed by atoms with van der Waals surface area (Å²) in [6.45, 7) is 2.23. The highest BCUT2D eigenvalue weighted by molar-refractivity contribution is 5.57. The maximum atomic E-state index is 9.29. The zero-order valence-electron chi connectivity index (χ0n) is 10.3. The molecule has 0 bridgehead atoms. The molecule has 3 N–H and O–H groups in total. The summed E-state index contributed by atoms with van der Waals surface area (Å²) in [6, 6.07) is 4.36. The van der Waals surface area contributed by atoms with Gasteiger partial charge in [0.15, 0.2) is 5.65 Å². The highest BCUT2D eigenvalue weighted by Gasteiger charge is 2.22. The van der Waals surface area contributed by atoms with Gasteiger partial charge in [-0.15, -0.1) is 0 Å². The van der Waals surface area contributed by atoms with E-state index in [0.717, 1.165) is 17.3 Å². The molecule has 1 aliphatic rings. The van der Waals surface area contributed by atoms with Gasteiger partial charge in [0.2, 0.25) is 0 Å². The average Bonchev–Trinajstić information content (AvgIpc) is 3.02. The zero-order valence-corrected chi connectivity index (χ0v) is 10.3. The molecule has 6 heteroatoms. The molecule has 1 atom stereocenters. The Labute approximate surface area is 105 Å². The molecule has 0 aliphatic heterocycles. The topological polar surface area (TPSA) is 74.5 Å². The van der Waals surface area contributed by atoms with E-state index in [2.05, 4.69) is 20.7 Å². The van der Waals surface area contributed by atoms with Crippen LogP contribution in [0.15, 0.2) is 18.3 Å². The van der Waals surface area contributed by atoms with Crippen LogP contribution < -0.4 is 10.6 Å². The summed E-state index contributed by atoms with van der Waals surface area (Å²) >= 11 is 0. The zero-order chi connectivity index (χ0) is 12.5. The van der Waals surface area contributed by atoms with Gasteiger partial charge in [-0.25, -0.2) is 4.98 Å². The summed E-state index contributed by atoms with van der Waals surface area (Å²) in [5, 5.41) is 20.1. The molecule has 1 fully saturated rings. The number of aliphatic hydroxyl groups is 1. The minimum atomic E-state index is -0.396. The molecule has 6 nitrogen and oxygen atoms in total. The Morgan fingerprint density at radius 3 is 3.11 bits per heavy atom. The van der Waals surface area contributed by atoms with E-state index in [4.69, 9.17) is 0 Å². The number of aromatic nitrogens is 3. The second kappa shape index (κ2) is 4.45. The van der Waals surface area contributed by atoms with E-state index in [-0.39, 0.29) is 0 Å². The van der Waals surface area contributed by atoms with Gasteiger partial charge in [0.25, 0.3) is 0 Å². The van der Waals surface area contributed by atoms with Crippen LogP contribution in [0.25, 0.3) is 5.65 Å². The Balaban J connectivity index is 1.89. The van der Waals surface area contributed by atoms with Crippen LogP contribution in [0.5, 0.6) is 0 Å². The number of hydrogen-bond acceptors (Lipinski definition) is 5. The quantitative estimate of drug-likeness (QED) is 0.737. The molecule has 0 saturated heterocycles. The smallest absolute Gasteiger partial charge is 0.159 e. The first-order chi connectivity index (χ1) is 8.72. The van der Waals surface area contributed by atoms with Gasteiger partial charge in [-0.05, 0) is 19.8 Å². The number of nitrogens with one attached hydrogen (secondary N) is 2. The van der Waals surface area contributed by atoms with Crippen LogP contribution in [-0.2, 0) is 0 Å². The summed E-state index contributed by atoms with van der Waals surface area (Å²) in [5.74, 6) is 1.70. The van der Waals surface area contributed by atoms with E-state index in [1.54, 1.807) is 17.6 Å². The number of rotatable bonds is 5. The van der Waals surface area contributed by atoms with Crippen molar-refractivity contribution in [2.75, 3.05) is 17.2 Å². The monoisotopic (exact) mass is 247 g/mol. The molecule has 0 spiro atoms. The van der Waals surface area contributed by atoms with Crippen molar-refractivity contribution in [2.24, 2.45) is 0 Å². The third-order valence-corrected chi connectivity index (χ3v) is 2.87. The van der Waals surface area contributed by atoms with Crippen molar-refractivity contribution in [3.05, 3.63) is 18.3 Å². The van der Waals surface area contributed by atoms with Crippen molar-refractivity contribution in [1.82, 2.24) is 14.6 Å². The largest absolute Gasteiger partial charge is 0.392 e. The van der Waals surface area contributed by atoms with Crippen LogP contribution >= 0.6 is 0 Å². The predicted molar refractivity (Wildman–Crippen MR) is 69.8 cm³/mol. The van der Waals surface area contributed by atoms with Gasteiger partial charge in [-0.1, -0.05) is 0 Å². The maximum Gasteiger partial charge on any atom is 0.159 e. The molecule has 1 unspecified atom stereocenters. The van der Waals surface area contributed by atoms with Crippen LogP contribution in [-0.4, -0.2) is 38.4 Å². The van der Waals surface area contributed by atoms with Crippen molar-refractivity contribution < 1.29 is 5.11 Å². The van der Waals surface area contributed by atoms with E-state index in [0.29, 0.717) is 12.6 Å². The molecule has 3 rings (SSSR count). The first-order valence-electron chi connectivity index (χ1n) is 6.25. The average molecular weight is 247 g/mol. The summed E-state index contributed by atoms with van der Waals surface area (Å²) in [6.07, 6.45) is 3.76. The number of nitrogens with zero attached hydrogens (tertiary/aromatic N) is 3. The van der Waals surface area contributed by atoms with E-state index in [1.807, 2.05) is 12.1 Å². The van der Waals surface area contributed by atoms with Crippen LogP contribution in [0.4, 0.5) is 11.6 Å². The van der Waals surface area contributed by atoms with Gasteiger partial charge in [0.1, 0.15) is 11.6 Å². The Morgan fingerprint density at radius 1 is 1.56 bits per heavy atom. The Hall–Kier alpha value is -1.82. The third kappa shape index (κ3) is 2.38. The van der Waals surface area contributed by atoms with Crippen LogP contribution in [0.1, 0.15) is 19.8 Å². The van der Waals surface area contributed by atoms with Gasteiger partial charge < -0.3 is 15.7 Å². The molecule has 96 valence electrons. The molecule has 0 radical (unpaired) electrons. The normalized spacial score (nSPS) is 16.8. The number of hydrogen-bond donors (Lipinski definition) is 3. The van der Waals surface area contributed by atoms with Gasteiger partial charge in [0.05, 0.1) is 12.3 Å². The van der Waals surface area contributed by atoms with Crippen LogP contribution in [0, 0.1) is 0 Å². The fourth-order valence-electron chi connectivity index (χ4n) is 1.80. The summed E-state index contributed by atoms with van der Waals surface area (Å²) in [7, 11) is 0. The first kappa shape index (κ1) is 11.3. The standard InChI is InChI=1S/C12H17N5O/c1-8(18)7-13-10-6-12(15-9-2-3-9)17-11(16-10)4-5-14-17/h4-6,8-9,15,18H,2-3,7H2,1H3,(H,13,16). The van der Waals surface area contributed by atoms with Crippen LogP contribution in [0.2, 0.25) is 0 Å². The van der Waals surface area contributed by atoms with Gasteiger partial charge in [-0.3, -0.25) is 0 Å². The third-order valence-electron chi connectivity index (χ3n) is 2.87. The van der Waals surface area contributed by atoms with Crippen LogP contribution in [0.3, 0.4) is 0 Å². The van der Waals surface area contributed by atoms with Crippen molar-refractivity contribution in [3.63, 3.8) is 0 Å². The number of fused-ring (bicyclic) bond motifs is 1. The molecule has 2 aromatic rings. The van der Waals surface area contributed by atoms with Gasteiger partial charge >= 0.3 is 0 Å². The van der Waals surface area contributed by atoms with Crippen molar-refractivity contribution in [2.45, 2.75) is 31.9 Å². The molecule has 2 aromatic heterocycles. The fraction of sp³-hybridized carbons (Fsp3) is 0.500. The number of aliphatic hydroxyl groups excluding tert-OH is 1. The highest BCUT2D eigenvalue weighted by Crippen LogP contribution is 2.25. The summed E-state index contributed by atoms with van der Waals surface area (Å²) < 4.78 is 1.80. The molecular weight excluding hydrogens is 230 g/mol. The van der Waals surface area contributed by atoms with Gasteiger partial charge in [-0.2, -0.15) is 9.61 Å². The van der Waals surface area contributed by atoms with E-state index < -0.39 is 6.10 Å². The Kier molecular flexibility index (Phi) is 2.79. The molecule has 1 aliphatic carbocycles. The number of anilines is 2. The Morgan fingerprint density at radius 2 is 2.39 bits per heavy atom. The summed E-state index contributed by atoms with van der Waals surface area (Å²) in [5.41, 5.74) is 0.800. The van der Waals surface area contributed by atoms with E-state index in [9.17, 15) is 5.11 Å². The van der Waals surface area contributed by atoms with Gasteiger partial charge in [0, 0.05) is 24.7 Å². The minimum Gasteiger partial charge on any atom is -0.392 e. The SMILES string of the molecule is CC(O)CNc1cc(NC2CC2)n2nccc2n1. The lowest BCUT2D eigenvalue weighted by atomic mass is 10.4. The van der Waals surface area contributed by atoms with Crippen molar-refractivity contribution in [3.8, 4) is 0 Å². The second-order valence-electron chi connectivity index (χ2n) is 4.78. The van der Waals surface area contributed by atoms with E-state index in [1.165, 1.54) is 12.8 Å². The Bertz CT molecular complexity index is 546.